The van der Waals surface area contributed by atoms with Gasteiger partial charge in [0.15, 0.2) is 0 Å². The summed E-state index contributed by atoms with van der Waals surface area (Å²) in [5.74, 6) is -0.122. The molecule has 2 heterocycles. The van der Waals surface area contributed by atoms with Crippen LogP contribution in [0.4, 0.5) is 5.69 Å². The highest BCUT2D eigenvalue weighted by Gasteiger charge is 2.49. The maximum absolute atomic E-state index is 12.0. The number of rotatable bonds is 2. The maximum Gasteiger partial charge on any atom is 0.137 e. The van der Waals surface area contributed by atoms with Crippen LogP contribution in [0.2, 0.25) is 0 Å². The molecule has 0 saturated carbocycles. The molecule has 2 aromatic rings. The van der Waals surface area contributed by atoms with E-state index in [1.54, 1.807) is 0 Å². The second-order valence-electron chi connectivity index (χ2n) is 6.50. The van der Waals surface area contributed by atoms with Gasteiger partial charge in [0.1, 0.15) is 11.8 Å². The molecule has 1 fully saturated rings. The summed E-state index contributed by atoms with van der Waals surface area (Å²) in [6.07, 6.45) is 0.130. The smallest absolute Gasteiger partial charge is 0.137 e. The predicted molar refractivity (Wildman–Crippen MR) is 86.9 cm³/mol. The Morgan fingerprint density at radius 3 is 2.61 bits per heavy atom. The van der Waals surface area contributed by atoms with Gasteiger partial charge >= 0.3 is 0 Å². The van der Waals surface area contributed by atoms with Crippen molar-refractivity contribution >= 4 is 5.69 Å². The standard InChI is InChI=1S/C18H19N2O3/c1-18-11-14(12-7-3-2-4-8-12)16(20(21)22)17(23-18)13-9-5-6-10-15(13)19-18/h2-10,14,16-17,19,21H,11H2,1H3/q-1/t14-,16-,17+,18+/m0/s1. The third kappa shape index (κ3) is 2.42. The lowest BCUT2D eigenvalue weighted by Gasteiger charge is -2.54. The van der Waals surface area contributed by atoms with E-state index in [9.17, 15) is 10.4 Å². The fourth-order valence-corrected chi connectivity index (χ4v) is 3.91. The molecule has 2 bridgehead atoms. The van der Waals surface area contributed by atoms with Gasteiger partial charge in [-0.3, -0.25) is 5.23 Å². The van der Waals surface area contributed by atoms with Crippen molar-refractivity contribution in [3.63, 3.8) is 0 Å². The van der Waals surface area contributed by atoms with Gasteiger partial charge in [-0.25, -0.2) is 0 Å². The number of fused-ring (bicyclic) bond motifs is 4. The number of nitrogens with one attached hydrogen (secondary N) is 1. The van der Waals surface area contributed by atoms with E-state index < -0.39 is 17.9 Å². The van der Waals surface area contributed by atoms with Crippen molar-refractivity contribution in [3.8, 4) is 0 Å². The molecular weight excluding hydrogens is 292 g/mol. The number of nitrogens with zero attached hydrogens (tertiary/aromatic N) is 1. The van der Waals surface area contributed by atoms with Gasteiger partial charge in [0, 0.05) is 23.6 Å². The molecule has 120 valence electrons. The summed E-state index contributed by atoms with van der Waals surface area (Å²) in [5.41, 5.74) is 2.34. The molecule has 2 aromatic carbocycles. The lowest BCUT2D eigenvalue weighted by Crippen LogP contribution is -2.56. The summed E-state index contributed by atoms with van der Waals surface area (Å²) in [6, 6.07) is 17.0. The average Bonchev–Trinajstić information content (AvgIpc) is 2.54. The molecule has 23 heavy (non-hydrogen) atoms. The Morgan fingerprint density at radius 1 is 1.17 bits per heavy atom. The molecule has 0 radical (unpaired) electrons. The summed E-state index contributed by atoms with van der Waals surface area (Å²) in [7, 11) is 0. The zero-order valence-corrected chi connectivity index (χ0v) is 12.8. The van der Waals surface area contributed by atoms with Crippen molar-refractivity contribution in [1.29, 1.82) is 0 Å². The largest absolute Gasteiger partial charge is 0.762 e. The van der Waals surface area contributed by atoms with Gasteiger partial charge in [-0.15, -0.1) is 0 Å². The van der Waals surface area contributed by atoms with Gasteiger partial charge in [0.25, 0.3) is 0 Å². The number of hydroxylamine groups is 2. The number of hydrogen-bond donors (Lipinski definition) is 2. The first kappa shape index (κ1) is 14.7. The molecule has 1 saturated heterocycles. The molecule has 0 aliphatic carbocycles. The molecule has 2 N–H and O–H groups in total. The quantitative estimate of drug-likeness (QED) is 0.829. The highest BCUT2D eigenvalue weighted by atomic mass is 16.8. The molecular formula is C18H19N2O3-. The van der Waals surface area contributed by atoms with E-state index in [-0.39, 0.29) is 11.1 Å². The van der Waals surface area contributed by atoms with Crippen molar-refractivity contribution in [3.05, 3.63) is 70.9 Å². The lowest BCUT2D eigenvalue weighted by atomic mass is 9.76. The Kier molecular flexibility index (Phi) is 3.39. The van der Waals surface area contributed by atoms with Gasteiger partial charge in [-0.1, -0.05) is 48.5 Å². The van der Waals surface area contributed by atoms with Crippen molar-refractivity contribution in [1.82, 2.24) is 5.23 Å². The van der Waals surface area contributed by atoms with Gasteiger partial charge < -0.3 is 20.5 Å². The molecule has 4 atom stereocenters. The Morgan fingerprint density at radius 2 is 1.87 bits per heavy atom. The van der Waals surface area contributed by atoms with Crippen LogP contribution in [0.1, 0.15) is 36.5 Å². The van der Waals surface area contributed by atoms with Crippen LogP contribution in [0.5, 0.6) is 0 Å². The van der Waals surface area contributed by atoms with Crippen LogP contribution in [-0.2, 0) is 4.74 Å². The molecule has 5 nitrogen and oxygen atoms in total. The molecule has 0 unspecified atom stereocenters. The van der Waals surface area contributed by atoms with Gasteiger partial charge in [-0.2, -0.15) is 0 Å². The Bertz CT molecular complexity index is 706. The number of benzene rings is 2. The van der Waals surface area contributed by atoms with Crippen LogP contribution in [0, 0.1) is 5.21 Å². The highest BCUT2D eigenvalue weighted by molar-refractivity contribution is 5.56. The summed E-state index contributed by atoms with van der Waals surface area (Å²) < 4.78 is 6.15. The Balaban J connectivity index is 1.83. The minimum absolute atomic E-state index is 0.0734. The number of anilines is 1. The van der Waals surface area contributed by atoms with Crippen molar-refractivity contribution in [2.75, 3.05) is 5.32 Å². The average molecular weight is 311 g/mol. The maximum atomic E-state index is 12.0. The Labute approximate surface area is 135 Å². The van der Waals surface area contributed by atoms with Gasteiger partial charge in [0.05, 0.1) is 6.04 Å². The fraction of sp³-hybridized carbons (Fsp3) is 0.333. The van der Waals surface area contributed by atoms with E-state index in [4.69, 9.17) is 4.74 Å². The Hall–Kier alpha value is -1.92. The third-order valence-corrected chi connectivity index (χ3v) is 4.87. The predicted octanol–water partition coefficient (Wildman–Crippen LogP) is 3.63. The molecule has 2 aliphatic rings. The van der Waals surface area contributed by atoms with E-state index in [1.165, 1.54) is 0 Å². The zero-order valence-electron chi connectivity index (χ0n) is 12.8. The minimum Gasteiger partial charge on any atom is -0.762 e. The van der Waals surface area contributed by atoms with Crippen LogP contribution in [-0.4, -0.2) is 22.2 Å². The molecule has 0 spiro atoms. The normalized spacial score (nSPS) is 32.3. The van der Waals surface area contributed by atoms with Crippen LogP contribution >= 0.6 is 0 Å². The summed E-state index contributed by atoms with van der Waals surface area (Å²) in [5, 5.41) is 25.3. The minimum atomic E-state index is -0.672. The van der Waals surface area contributed by atoms with Crippen molar-refractivity contribution < 1.29 is 9.94 Å². The van der Waals surface area contributed by atoms with E-state index in [2.05, 4.69) is 5.32 Å². The summed E-state index contributed by atoms with van der Waals surface area (Å²) in [6.45, 7) is 1.99. The molecule has 2 aliphatic heterocycles. The molecule has 4 rings (SSSR count). The SMILES string of the molecule is C[C@]12C[C@@H](c3ccccc3)[C@H](N([O-])O)[C@H](O1)c1ccccc1N2. The third-order valence-electron chi connectivity index (χ3n) is 4.87. The zero-order chi connectivity index (χ0) is 16.0. The summed E-state index contributed by atoms with van der Waals surface area (Å²) in [4.78, 5) is 0. The number of para-hydroxylation sites is 1. The molecule has 0 amide bonds. The second-order valence-corrected chi connectivity index (χ2v) is 6.50. The van der Waals surface area contributed by atoms with E-state index >= 15 is 0 Å². The van der Waals surface area contributed by atoms with Crippen molar-refractivity contribution in [2.45, 2.75) is 37.1 Å². The first-order chi connectivity index (χ1) is 11.1. The van der Waals surface area contributed by atoms with E-state index in [1.807, 2.05) is 61.5 Å². The van der Waals surface area contributed by atoms with E-state index in [0.29, 0.717) is 6.42 Å². The first-order valence-corrected chi connectivity index (χ1v) is 7.82. The van der Waals surface area contributed by atoms with E-state index in [0.717, 1.165) is 16.8 Å². The fourth-order valence-electron chi connectivity index (χ4n) is 3.91. The van der Waals surface area contributed by atoms with Gasteiger partial charge in [-0.05, 0) is 18.6 Å². The first-order valence-electron chi connectivity index (χ1n) is 7.82. The van der Waals surface area contributed by atoms with Crippen LogP contribution in [0.25, 0.3) is 0 Å². The number of hydrogen-bond acceptors (Lipinski definition) is 5. The van der Waals surface area contributed by atoms with Crippen LogP contribution in [0.15, 0.2) is 54.6 Å². The lowest BCUT2D eigenvalue weighted by molar-refractivity contribution is -0.205. The van der Waals surface area contributed by atoms with Crippen molar-refractivity contribution in [2.24, 2.45) is 0 Å². The molecule has 5 heteroatoms. The van der Waals surface area contributed by atoms with Crippen LogP contribution < -0.4 is 5.32 Å². The van der Waals surface area contributed by atoms with Crippen LogP contribution in [0.3, 0.4) is 0 Å². The summed E-state index contributed by atoms with van der Waals surface area (Å²) >= 11 is 0. The second kappa shape index (κ2) is 5.32. The topological polar surface area (TPSA) is 67.8 Å². The monoisotopic (exact) mass is 311 g/mol. The van der Waals surface area contributed by atoms with Gasteiger partial charge in [0.2, 0.25) is 0 Å². The highest BCUT2D eigenvalue weighted by Crippen LogP contribution is 2.51. The molecule has 0 aromatic heterocycles. The number of ether oxygens (including phenoxy) is 1.